The molecule has 0 aliphatic rings. The zero-order valence-corrected chi connectivity index (χ0v) is 22.1. The molecular weight excluding hydrogens is 476 g/mol. The van der Waals surface area contributed by atoms with Gasteiger partial charge in [0.15, 0.2) is 11.0 Å². The van der Waals surface area contributed by atoms with E-state index in [2.05, 4.69) is 52.3 Å². The van der Waals surface area contributed by atoms with Crippen molar-refractivity contribution in [2.45, 2.75) is 65.1 Å². The van der Waals surface area contributed by atoms with Gasteiger partial charge in [0.1, 0.15) is 5.00 Å². The van der Waals surface area contributed by atoms with Crippen molar-refractivity contribution >= 4 is 51.3 Å². The number of anilines is 1. The van der Waals surface area contributed by atoms with Gasteiger partial charge in [0.2, 0.25) is 5.91 Å². The number of hydrogen-bond acceptors (Lipinski definition) is 8. The van der Waals surface area contributed by atoms with Crippen molar-refractivity contribution in [1.82, 2.24) is 14.8 Å². The van der Waals surface area contributed by atoms with Crippen LogP contribution in [0.15, 0.2) is 22.7 Å². The Morgan fingerprint density at radius 1 is 1.21 bits per heavy atom. The van der Waals surface area contributed by atoms with E-state index < -0.39 is 5.97 Å². The van der Waals surface area contributed by atoms with Gasteiger partial charge in [-0.1, -0.05) is 39.5 Å². The number of rotatable bonds is 11. The third-order valence-corrected chi connectivity index (χ3v) is 8.22. The molecule has 0 saturated heterocycles. The smallest absolute Gasteiger partial charge is 0.341 e. The average molecular weight is 507 g/mol. The third kappa shape index (κ3) is 6.24. The lowest BCUT2D eigenvalue weighted by molar-refractivity contribution is -0.113. The van der Waals surface area contributed by atoms with Crippen LogP contribution in [0.3, 0.4) is 0 Å². The molecule has 0 aromatic carbocycles. The van der Waals surface area contributed by atoms with E-state index in [0.717, 1.165) is 35.7 Å². The maximum atomic E-state index is 12.7. The molecule has 0 aliphatic carbocycles. The number of aryl methyl sites for hydroxylation is 1. The minimum atomic E-state index is -0.416. The highest BCUT2D eigenvalue weighted by Crippen LogP contribution is 2.32. The minimum absolute atomic E-state index is 0.171. The maximum Gasteiger partial charge on any atom is 0.341 e. The molecule has 0 bridgehead atoms. The molecule has 0 spiro atoms. The lowest BCUT2D eigenvalue weighted by atomic mass is 10.1. The van der Waals surface area contributed by atoms with Crippen molar-refractivity contribution in [3.8, 4) is 11.4 Å². The number of carbonyl (C=O) groups is 2. The van der Waals surface area contributed by atoms with Crippen LogP contribution in [0, 0.1) is 0 Å². The first-order valence-corrected chi connectivity index (χ1v) is 13.8. The fourth-order valence-electron chi connectivity index (χ4n) is 3.17. The Morgan fingerprint density at radius 3 is 2.64 bits per heavy atom. The Hall–Kier alpha value is -2.17. The number of aromatic nitrogens is 3. The molecule has 0 atom stereocenters. The standard InChI is InChI=1S/C23H30N4O3S3/c1-6-9-27-20(15-10-18(14(4)5)31-12-15)25-26-23(27)32-13-19(28)24-21-17(22(29)30-8-3)11-16(7-2)33-21/h10-12,14H,6-9,13H2,1-5H3,(H,24,28). The summed E-state index contributed by atoms with van der Waals surface area (Å²) in [6.45, 7) is 11.3. The molecule has 7 nitrogen and oxygen atoms in total. The summed E-state index contributed by atoms with van der Waals surface area (Å²) in [5, 5.41) is 15.0. The number of amides is 1. The lowest BCUT2D eigenvalue weighted by Crippen LogP contribution is -2.16. The van der Waals surface area contributed by atoms with Gasteiger partial charge in [0.05, 0.1) is 17.9 Å². The van der Waals surface area contributed by atoms with E-state index in [1.807, 2.05) is 6.92 Å². The summed E-state index contributed by atoms with van der Waals surface area (Å²) in [5.74, 6) is 0.859. The minimum Gasteiger partial charge on any atom is -0.462 e. The van der Waals surface area contributed by atoms with E-state index in [1.54, 1.807) is 24.3 Å². The molecule has 0 radical (unpaired) electrons. The molecular formula is C23H30N4O3S3. The van der Waals surface area contributed by atoms with Gasteiger partial charge in [-0.25, -0.2) is 4.79 Å². The van der Waals surface area contributed by atoms with E-state index in [0.29, 0.717) is 21.6 Å². The molecule has 33 heavy (non-hydrogen) atoms. The molecule has 3 rings (SSSR count). The van der Waals surface area contributed by atoms with Crippen LogP contribution in [0.2, 0.25) is 0 Å². The number of thioether (sulfide) groups is 1. The molecule has 0 aliphatic heterocycles. The quantitative estimate of drug-likeness (QED) is 0.251. The van der Waals surface area contributed by atoms with E-state index in [9.17, 15) is 9.59 Å². The van der Waals surface area contributed by atoms with Crippen LogP contribution in [0.4, 0.5) is 5.00 Å². The first-order valence-electron chi connectivity index (χ1n) is 11.1. The highest BCUT2D eigenvalue weighted by Gasteiger charge is 2.20. The number of ether oxygens (including phenoxy) is 1. The Balaban J connectivity index is 1.72. The summed E-state index contributed by atoms with van der Waals surface area (Å²) in [6.07, 6.45) is 1.72. The highest BCUT2D eigenvalue weighted by molar-refractivity contribution is 7.99. The van der Waals surface area contributed by atoms with Crippen molar-refractivity contribution in [2.24, 2.45) is 0 Å². The summed E-state index contributed by atoms with van der Waals surface area (Å²) in [5.41, 5.74) is 1.47. The van der Waals surface area contributed by atoms with Crippen LogP contribution in [0.1, 0.15) is 67.1 Å². The van der Waals surface area contributed by atoms with Gasteiger partial charge in [-0.2, -0.15) is 0 Å². The molecule has 3 aromatic heterocycles. The van der Waals surface area contributed by atoms with Crippen molar-refractivity contribution in [2.75, 3.05) is 17.7 Å². The topological polar surface area (TPSA) is 86.1 Å². The molecule has 1 N–H and O–H groups in total. The molecule has 0 unspecified atom stereocenters. The molecule has 10 heteroatoms. The Bertz CT molecular complexity index is 1100. The van der Waals surface area contributed by atoms with Crippen LogP contribution < -0.4 is 5.32 Å². The van der Waals surface area contributed by atoms with Gasteiger partial charge < -0.3 is 14.6 Å². The first kappa shape index (κ1) is 25.5. The Morgan fingerprint density at radius 2 is 2.00 bits per heavy atom. The maximum absolute atomic E-state index is 12.7. The van der Waals surface area contributed by atoms with Gasteiger partial charge in [0, 0.05) is 27.2 Å². The number of esters is 1. The van der Waals surface area contributed by atoms with Gasteiger partial charge in [0.25, 0.3) is 0 Å². The second kappa shape index (κ2) is 11.8. The second-order valence-electron chi connectivity index (χ2n) is 7.72. The fraction of sp³-hybridized carbons (Fsp3) is 0.478. The number of nitrogens with zero attached hydrogens (tertiary/aromatic N) is 3. The molecule has 3 heterocycles. The largest absolute Gasteiger partial charge is 0.462 e. The fourth-order valence-corrected chi connectivity index (χ4v) is 5.84. The zero-order valence-electron chi connectivity index (χ0n) is 19.6. The highest BCUT2D eigenvalue weighted by atomic mass is 32.2. The average Bonchev–Trinajstić information content (AvgIpc) is 3.51. The zero-order chi connectivity index (χ0) is 24.0. The van der Waals surface area contributed by atoms with Gasteiger partial charge >= 0.3 is 5.97 Å². The Labute approximate surface area is 207 Å². The van der Waals surface area contributed by atoms with Gasteiger partial charge in [-0.3, -0.25) is 4.79 Å². The molecule has 178 valence electrons. The molecule has 3 aromatic rings. The predicted molar refractivity (Wildman–Crippen MR) is 137 cm³/mol. The number of carbonyl (C=O) groups excluding carboxylic acids is 2. The predicted octanol–water partition coefficient (Wildman–Crippen LogP) is 6.07. The summed E-state index contributed by atoms with van der Waals surface area (Å²) in [7, 11) is 0. The lowest BCUT2D eigenvalue weighted by Gasteiger charge is -2.09. The summed E-state index contributed by atoms with van der Waals surface area (Å²) >= 11 is 4.49. The number of hydrogen-bond donors (Lipinski definition) is 1. The van der Waals surface area contributed by atoms with Crippen molar-refractivity contribution < 1.29 is 14.3 Å². The van der Waals surface area contributed by atoms with Gasteiger partial charge in [-0.15, -0.1) is 32.9 Å². The van der Waals surface area contributed by atoms with E-state index in [-0.39, 0.29) is 18.3 Å². The van der Waals surface area contributed by atoms with Crippen LogP contribution in [-0.4, -0.2) is 39.0 Å². The van der Waals surface area contributed by atoms with Crippen LogP contribution >= 0.6 is 34.4 Å². The summed E-state index contributed by atoms with van der Waals surface area (Å²) in [6, 6.07) is 3.97. The molecule has 1 amide bonds. The summed E-state index contributed by atoms with van der Waals surface area (Å²) < 4.78 is 7.21. The first-order chi connectivity index (χ1) is 15.9. The van der Waals surface area contributed by atoms with Crippen molar-refractivity contribution in [1.29, 1.82) is 0 Å². The van der Waals surface area contributed by atoms with Crippen molar-refractivity contribution in [3.05, 3.63) is 32.8 Å². The SMILES string of the molecule is CCCn1c(SCC(=O)Nc2sc(CC)cc2C(=O)OCC)nnc1-c1csc(C(C)C)c1. The third-order valence-electron chi connectivity index (χ3n) is 4.82. The van der Waals surface area contributed by atoms with Crippen LogP contribution in [0.25, 0.3) is 11.4 Å². The number of nitrogens with one attached hydrogen (secondary N) is 1. The number of thiophene rings is 2. The van der Waals surface area contributed by atoms with Crippen LogP contribution in [0.5, 0.6) is 0 Å². The molecule has 0 fully saturated rings. The van der Waals surface area contributed by atoms with E-state index in [1.165, 1.54) is 28.0 Å². The van der Waals surface area contributed by atoms with Crippen LogP contribution in [-0.2, 0) is 22.5 Å². The summed E-state index contributed by atoms with van der Waals surface area (Å²) in [4.78, 5) is 27.3. The normalized spacial score (nSPS) is 11.2. The van der Waals surface area contributed by atoms with E-state index in [4.69, 9.17) is 4.74 Å². The van der Waals surface area contributed by atoms with Crippen molar-refractivity contribution in [3.63, 3.8) is 0 Å². The van der Waals surface area contributed by atoms with Gasteiger partial charge in [-0.05, 0) is 37.8 Å². The van der Waals surface area contributed by atoms with E-state index >= 15 is 0 Å². The molecule has 0 saturated carbocycles. The second-order valence-corrected chi connectivity index (χ2v) is 10.7. The Kier molecular flexibility index (Phi) is 9.10. The monoisotopic (exact) mass is 506 g/mol.